The second kappa shape index (κ2) is 6.71. The number of likely N-dealkylation sites (N-methyl/N-ethyl adjacent to an activating group) is 1. The van der Waals surface area contributed by atoms with E-state index in [1.807, 2.05) is 12.1 Å². The maximum absolute atomic E-state index is 12.3. The van der Waals surface area contributed by atoms with E-state index in [0.717, 1.165) is 5.69 Å². The molecule has 1 atom stereocenters. The number of carbonyl (C=O) groups excluding carboxylic acids is 1. The lowest BCUT2D eigenvalue weighted by Gasteiger charge is -2.23. The summed E-state index contributed by atoms with van der Waals surface area (Å²) in [7, 11) is 1.79. The van der Waals surface area contributed by atoms with E-state index in [4.69, 9.17) is 5.73 Å². The lowest BCUT2D eigenvalue weighted by Crippen LogP contribution is -2.42. The summed E-state index contributed by atoms with van der Waals surface area (Å²) in [5.41, 5.74) is 8.11. The van der Waals surface area contributed by atoms with Crippen molar-refractivity contribution in [3.63, 3.8) is 0 Å². The summed E-state index contributed by atoms with van der Waals surface area (Å²) in [6.07, 6.45) is 0.715. The van der Waals surface area contributed by atoms with Crippen molar-refractivity contribution in [1.29, 1.82) is 0 Å². The molecule has 1 aromatic carbocycles. The first kappa shape index (κ1) is 15.7. The van der Waals surface area contributed by atoms with Gasteiger partial charge in [0.2, 0.25) is 5.91 Å². The Morgan fingerprint density at radius 2 is 1.89 bits per heavy atom. The molecule has 1 amide bonds. The molecule has 0 aliphatic heterocycles. The van der Waals surface area contributed by atoms with Gasteiger partial charge in [-0.25, -0.2) is 0 Å². The number of hydrogen-bond donors (Lipinski definition) is 1. The van der Waals surface area contributed by atoms with E-state index in [9.17, 15) is 4.79 Å². The predicted octanol–water partition coefficient (Wildman–Crippen LogP) is 3.15. The molecular weight excluding hydrogens is 236 g/mol. The zero-order valence-corrected chi connectivity index (χ0v) is 12.7. The highest BCUT2D eigenvalue weighted by atomic mass is 16.2. The topological polar surface area (TPSA) is 46.3 Å². The van der Waals surface area contributed by atoms with Gasteiger partial charge in [0.15, 0.2) is 0 Å². The third kappa shape index (κ3) is 4.35. The van der Waals surface area contributed by atoms with Crippen LogP contribution in [-0.4, -0.2) is 19.0 Å². The van der Waals surface area contributed by atoms with Crippen LogP contribution in [0.25, 0.3) is 0 Å². The minimum Gasteiger partial charge on any atom is -0.320 e. The Balaban J connectivity index is 2.84. The van der Waals surface area contributed by atoms with Crippen molar-refractivity contribution in [3.8, 4) is 0 Å². The van der Waals surface area contributed by atoms with Crippen molar-refractivity contribution < 1.29 is 4.79 Å². The number of carbonyl (C=O) groups is 1. The van der Waals surface area contributed by atoms with Crippen LogP contribution >= 0.6 is 0 Å². The fourth-order valence-corrected chi connectivity index (χ4v) is 2.08. The van der Waals surface area contributed by atoms with E-state index >= 15 is 0 Å². The molecule has 1 aromatic rings. The third-order valence-corrected chi connectivity index (χ3v) is 3.30. The van der Waals surface area contributed by atoms with Gasteiger partial charge in [-0.2, -0.15) is 0 Å². The van der Waals surface area contributed by atoms with Crippen molar-refractivity contribution in [2.75, 3.05) is 11.9 Å². The molecule has 2 N–H and O–H groups in total. The Bertz CT molecular complexity index is 427. The highest BCUT2D eigenvalue weighted by Gasteiger charge is 2.20. The Morgan fingerprint density at radius 1 is 1.26 bits per heavy atom. The summed E-state index contributed by atoms with van der Waals surface area (Å²) in [6.45, 7) is 8.44. The van der Waals surface area contributed by atoms with E-state index in [-0.39, 0.29) is 5.91 Å². The van der Waals surface area contributed by atoms with Crippen LogP contribution in [-0.2, 0) is 4.79 Å². The van der Waals surface area contributed by atoms with Gasteiger partial charge in [-0.15, -0.1) is 0 Å². The molecule has 0 aliphatic rings. The monoisotopic (exact) mass is 262 g/mol. The van der Waals surface area contributed by atoms with Crippen LogP contribution in [0.4, 0.5) is 5.69 Å². The minimum atomic E-state index is -0.423. The summed E-state index contributed by atoms with van der Waals surface area (Å²) in [6, 6.07) is 7.66. The van der Waals surface area contributed by atoms with Crippen molar-refractivity contribution >= 4 is 11.6 Å². The first-order valence-electron chi connectivity index (χ1n) is 6.96. The normalized spacial score (nSPS) is 12.8. The van der Waals surface area contributed by atoms with Crippen LogP contribution in [0.5, 0.6) is 0 Å². The van der Waals surface area contributed by atoms with Crippen molar-refractivity contribution in [1.82, 2.24) is 0 Å². The van der Waals surface area contributed by atoms with Gasteiger partial charge in [0.1, 0.15) is 0 Å². The number of hydrogen-bond acceptors (Lipinski definition) is 2. The standard InChI is InChI=1S/C16H26N2O/c1-11(2)9-15(17)16(19)18(5)14-8-6-7-13(10-14)12(3)4/h6-8,10-12,15H,9,17H2,1-5H3/t15-/m0/s1. The highest BCUT2D eigenvalue weighted by molar-refractivity contribution is 5.96. The second-order valence-corrected chi connectivity index (χ2v) is 5.88. The Labute approximate surface area is 116 Å². The molecule has 0 spiro atoms. The van der Waals surface area contributed by atoms with Crippen molar-refractivity contribution in [3.05, 3.63) is 29.8 Å². The molecule has 1 rings (SSSR count). The predicted molar refractivity (Wildman–Crippen MR) is 81.4 cm³/mol. The van der Waals surface area contributed by atoms with Gasteiger partial charge in [0.05, 0.1) is 6.04 Å². The summed E-state index contributed by atoms with van der Waals surface area (Å²) >= 11 is 0. The number of amides is 1. The summed E-state index contributed by atoms with van der Waals surface area (Å²) in [4.78, 5) is 13.9. The molecule has 19 heavy (non-hydrogen) atoms. The summed E-state index contributed by atoms with van der Waals surface area (Å²) < 4.78 is 0. The fourth-order valence-electron chi connectivity index (χ4n) is 2.08. The van der Waals surface area contributed by atoms with Gasteiger partial charge in [-0.1, -0.05) is 39.8 Å². The van der Waals surface area contributed by atoms with E-state index in [1.165, 1.54) is 5.56 Å². The average molecular weight is 262 g/mol. The molecular formula is C16H26N2O. The first-order valence-corrected chi connectivity index (χ1v) is 6.96. The summed E-state index contributed by atoms with van der Waals surface area (Å²) in [5.74, 6) is 0.858. The smallest absolute Gasteiger partial charge is 0.243 e. The van der Waals surface area contributed by atoms with Crippen LogP contribution in [0.15, 0.2) is 24.3 Å². The van der Waals surface area contributed by atoms with Gasteiger partial charge in [0, 0.05) is 12.7 Å². The highest BCUT2D eigenvalue weighted by Crippen LogP contribution is 2.21. The van der Waals surface area contributed by atoms with Crippen molar-refractivity contribution in [2.24, 2.45) is 11.7 Å². The van der Waals surface area contributed by atoms with Gasteiger partial charge >= 0.3 is 0 Å². The zero-order valence-electron chi connectivity index (χ0n) is 12.7. The molecule has 0 bridgehead atoms. The molecule has 3 nitrogen and oxygen atoms in total. The van der Waals surface area contributed by atoms with Gasteiger partial charge in [0.25, 0.3) is 0 Å². The van der Waals surface area contributed by atoms with Gasteiger partial charge in [-0.3, -0.25) is 4.79 Å². The molecule has 0 fully saturated rings. The molecule has 0 unspecified atom stereocenters. The third-order valence-electron chi connectivity index (χ3n) is 3.30. The molecule has 0 saturated heterocycles. The van der Waals surface area contributed by atoms with Crippen LogP contribution < -0.4 is 10.6 Å². The number of nitrogens with zero attached hydrogens (tertiary/aromatic N) is 1. The van der Waals surface area contributed by atoms with Crippen LogP contribution in [0.2, 0.25) is 0 Å². The molecule has 0 heterocycles. The Hall–Kier alpha value is -1.35. The van der Waals surface area contributed by atoms with Crippen LogP contribution in [0.3, 0.4) is 0 Å². The van der Waals surface area contributed by atoms with E-state index in [1.54, 1.807) is 11.9 Å². The molecule has 0 radical (unpaired) electrons. The Kier molecular flexibility index (Phi) is 5.55. The van der Waals surface area contributed by atoms with Crippen LogP contribution in [0, 0.1) is 5.92 Å². The molecule has 0 aliphatic carbocycles. The average Bonchev–Trinajstić information content (AvgIpc) is 2.36. The van der Waals surface area contributed by atoms with E-state index in [0.29, 0.717) is 18.3 Å². The quantitative estimate of drug-likeness (QED) is 0.886. The number of nitrogens with two attached hydrogens (primary N) is 1. The maximum Gasteiger partial charge on any atom is 0.243 e. The van der Waals surface area contributed by atoms with E-state index in [2.05, 4.69) is 39.8 Å². The maximum atomic E-state index is 12.3. The SMILES string of the molecule is CC(C)C[C@H](N)C(=O)N(C)c1cccc(C(C)C)c1. The fraction of sp³-hybridized carbons (Fsp3) is 0.562. The number of benzene rings is 1. The first-order chi connectivity index (χ1) is 8.82. The Morgan fingerprint density at radius 3 is 2.42 bits per heavy atom. The minimum absolute atomic E-state index is 0.0189. The van der Waals surface area contributed by atoms with Gasteiger partial charge in [-0.05, 0) is 36.0 Å². The number of anilines is 1. The largest absolute Gasteiger partial charge is 0.320 e. The molecule has 3 heteroatoms. The molecule has 0 aromatic heterocycles. The molecule has 106 valence electrons. The lowest BCUT2D eigenvalue weighted by atomic mass is 10.0. The van der Waals surface area contributed by atoms with Crippen molar-refractivity contribution in [2.45, 2.75) is 46.1 Å². The van der Waals surface area contributed by atoms with Gasteiger partial charge < -0.3 is 10.6 Å². The number of rotatable bonds is 5. The van der Waals surface area contributed by atoms with Crippen LogP contribution in [0.1, 0.15) is 45.6 Å². The summed E-state index contributed by atoms with van der Waals surface area (Å²) in [5, 5.41) is 0. The van der Waals surface area contributed by atoms with E-state index < -0.39 is 6.04 Å². The second-order valence-electron chi connectivity index (χ2n) is 5.88. The molecule has 0 saturated carbocycles. The zero-order chi connectivity index (χ0) is 14.6. The lowest BCUT2D eigenvalue weighted by molar-refractivity contribution is -0.119.